The number of carboxylic acids is 1. The Morgan fingerprint density at radius 1 is 1.04 bits per heavy atom. The van der Waals surface area contributed by atoms with Gasteiger partial charge in [0, 0.05) is 10.9 Å². The molecule has 0 aliphatic heterocycles. The first-order valence-corrected chi connectivity index (χ1v) is 7.73. The highest BCUT2D eigenvalue weighted by Crippen LogP contribution is 2.31. The zero-order valence-corrected chi connectivity index (χ0v) is 14.0. The van der Waals surface area contributed by atoms with Gasteiger partial charge >= 0.3 is 5.97 Å². The van der Waals surface area contributed by atoms with Gasteiger partial charge in [-0.25, -0.2) is 9.78 Å². The third kappa shape index (κ3) is 2.78. The molecule has 0 aliphatic carbocycles. The summed E-state index contributed by atoms with van der Waals surface area (Å²) in [5.74, 6) is -0.984. The molecule has 5 heteroatoms. The van der Waals surface area contributed by atoms with E-state index >= 15 is 0 Å². The molecule has 23 heavy (non-hydrogen) atoms. The van der Waals surface area contributed by atoms with E-state index in [2.05, 4.69) is 4.98 Å². The second kappa shape index (κ2) is 5.84. The molecule has 3 aromatic rings. The molecule has 116 valence electrons. The molecule has 0 spiro atoms. The van der Waals surface area contributed by atoms with E-state index in [-0.39, 0.29) is 5.56 Å². The molecule has 0 saturated heterocycles. The lowest BCUT2D eigenvalue weighted by Crippen LogP contribution is -2.02. The Labute approximate surface area is 143 Å². The topological polar surface area (TPSA) is 50.2 Å². The van der Waals surface area contributed by atoms with Gasteiger partial charge in [0.1, 0.15) is 0 Å². The fourth-order valence-electron chi connectivity index (χ4n) is 2.51. The molecule has 0 unspecified atom stereocenters. The Balaban J connectivity index is 2.35. The number of rotatable bonds is 2. The molecule has 3 nitrogen and oxygen atoms in total. The smallest absolute Gasteiger partial charge is 0.336 e. The van der Waals surface area contributed by atoms with Crippen LogP contribution >= 0.6 is 23.2 Å². The number of pyridine rings is 1. The first-order valence-electron chi connectivity index (χ1n) is 6.98. The minimum Gasteiger partial charge on any atom is -0.478 e. The summed E-state index contributed by atoms with van der Waals surface area (Å²) in [6, 6.07) is 10.4. The van der Waals surface area contributed by atoms with Crippen LogP contribution in [0.15, 0.2) is 36.4 Å². The zero-order valence-electron chi connectivity index (χ0n) is 12.5. The average Bonchev–Trinajstić information content (AvgIpc) is 2.52. The third-order valence-corrected chi connectivity index (χ3v) is 4.69. The van der Waals surface area contributed by atoms with Gasteiger partial charge in [-0.1, -0.05) is 41.4 Å². The molecular formula is C18H13Cl2NO2. The van der Waals surface area contributed by atoms with Gasteiger partial charge in [-0.2, -0.15) is 0 Å². The van der Waals surface area contributed by atoms with Gasteiger partial charge < -0.3 is 5.11 Å². The van der Waals surface area contributed by atoms with E-state index < -0.39 is 5.97 Å². The Kier molecular flexibility index (Phi) is 4.00. The lowest BCUT2D eigenvalue weighted by molar-refractivity contribution is 0.0699. The number of benzene rings is 2. The second-order valence-electron chi connectivity index (χ2n) is 5.39. The molecule has 0 bridgehead atoms. The van der Waals surface area contributed by atoms with E-state index in [1.807, 2.05) is 19.9 Å². The molecule has 3 rings (SSSR count). The quantitative estimate of drug-likeness (QED) is 0.664. The third-order valence-electron chi connectivity index (χ3n) is 3.95. The molecule has 1 heterocycles. The molecule has 0 amide bonds. The molecule has 0 aliphatic rings. The van der Waals surface area contributed by atoms with Crippen molar-refractivity contribution in [3.63, 3.8) is 0 Å². The number of hydrogen-bond acceptors (Lipinski definition) is 2. The number of nitrogens with zero attached hydrogens (tertiary/aromatic N) is 1. The highest BCUT2D eigenvalue weighted by atomic mass is 35.5. The summed E-state index contributed by atoms with van der Waals surface area (Å²) in [4.78, 5) is 16.3. The first-order chi connectivity index (χ1) is 10.9. The van der Waals surface area contributed by atoms with Crippen molar-refractivity contribution in [3.8, 4) is 11.3 Å². The molecule has 1 N–H and O–H groups in total. The van der Waals surface area contributed by atoms with Crippen LogP contribution in [0, 0.1) is 13.8 Å². The van der Waals surface area contributed by atoms with Gasteiger partial charge in [0.2, 0.25) is 0 Å². The summed E-state index contributed by atoms with van der Waals surface area (Å²) in [6.45, 7) is 3.91. The Morgan fingerprint density at radius 3 is 2.43 bits per heavy atom. The normalized spacial score (nSPS) is 11.0. The maximum atomic E-state index is 11.6. The van der Waals surface area contributed by atoms with Crippen LogP contribution in [-0.4, -0.2) is 16.1 Å². The monoisotopic (exact) mass is 345 g/mol. The van der Waals surface area contributed by atoms with Gasteiger partial charge in [0.15, 0.2) is 0 Å². The van der Waals surface area contributed by atoms with Gasteiger partial charge in [-0.3, -0.25) is 0 Å². The molecule has 2 aromatic carbocycles. The van der Waals surface area contributed by atoms with Crippen molar-refractivity contribution >= 4 is 40.1 Å². The van der Waals surface area contributed by atoms with Crippen LogP contribution in [0.1, 0.15) is 21.5 Å². The van der Waals surface area contributed by atoms with Crippen LogP contribution in [0.2, 0.25) is 10.0 Å². The van der Waals surface area contributed by atoms with Gasteiger partial charge in [0.05, 0.1) is 26.8 Å². The lowest BCUT2D eigenvalue weighted by Gasteiger charge is -2.11. The molecule has 1 aromatic heterocycles. The number of fused-ring (bicyclic) bond motifs is 1. The van der Waals surface area contributed by atoms with Crippen molar-refractivity contribution < 1.29 is 9.90 Å². The van der Waals surface area contributed by atoms with Crippen LogP contribution < -0.4 is 0 Å². The largest absolute Gasteiger partial charge is 0.478 e. The van der Waals surface area contributed by atoms with Crippen LogP contribution in [0.25, 0.3) is 22.2 Å². The SMILES string of the molecule is Cc1ccc2c(C(=O)O)cc(-c3ccc(Cl)c(Cl)c3)nc2c1C. The van der Waals surface area contributed by atoms with Crippen molar-refractivity contribution in [3.05, 3.63) is 63.1 Å². The van der Waals surface area contributed by atoms with E-state index in [9.17, 15) is 9.90 Å². The summed E-state index contributed by atoms with van der Waals surface area (Å²) < 4.78 is 0. The molecular weight excluding hydrogens is 333 g/mol. The van der Waals surface area contributed by atoms with Gasteiger partial charge in [-0.05, 0) is 43.2 Å². The number of carbonyl (C=O) groups is 1. The summed E-state index contributed by atoms with van der Waals surface area (Å²) in [5.41, 5.74) is 4.22. The summed E-state index contributed by atoms with van der Waals surface area (Å²) >= 11 is 12.0. The maximum Gasteiger partial charge on any atom is 0.336 e. The van der Waals surface area contributed by atoms with Crippen molar-refractivity contribution in [1.82, 2.24) is 4.98 Å². The summed E-state index contributed by atoms with van der Waals surface area (Å²) in [5, 5.41) is 11.0. The second-order valence-corrected chi connectivity index (χ2v) is 6.21. The number of aromatic carboxylic acids is 1. The van der Waals surface area contributed by atoms with Gasteiger partial charge in [-0.15, -0.1) is 0 Å². The molecule has 0 saturated carbocycles. The Morgan fingerprint density at radius 2 is 1.78 bits per heavy atom. The van der Waals surface area contributed by atoms with Crippen LogP contribution in [-0.2, 0) is 0 Å². The Bertz CT molecular complexity index is 951. The van der Waals surface area contributed by atoms with Gasteiger partial charge in [0.25, 0.3) is 0 Å². The number of halogens is 2. The van der Waals surface area contributed by atoms with E-state index in [0.29, 0.717) is 26.6 Å². The highest BCUT2D eigenvalue weighted by molar-refractivity contribution is 6.42. The van der Waals surface area contributed by atoms with Crippen LogP contribution in [0.3, 0.4) is 0 Å². The van der Waals surface area contributed by atoms with Crippen molar-refractivity contribution in [1.29, 1.82) is 0 Å². The van der Waals surface area contributed by atoms with Crippen molar-refractivity contribution in [2.45, 2.75) is 13.8 Å². The van der Waals surface area contributed by atoms with Crippen LogP contribution in [0.4, 0.5) is 0 Å². The lowest BCUT2D eigenvalue weighted by atomic mass is 9.99. The van der Waals surface area contributed by atoms with E-state index in [1.165, 1.54) is 0 Å². The molecule has 0 fully saturated rings. The number of aromatic nitrogens is 1. The van der Waals surface area contributed by atoms with Crippen molar-refractivity contribution in [2.75, 3.05) is 0 Å². The number of aryl methyl sites for hydroxylation is 2. The Hall–Kier alpha value is -2.10. The number of carboxylic acid groups (broad SMARTS) is 1. The fraction of sp³-hybridized carbons (Fsp3) is 0.111. The zero-order chi connectivity index (χ0) is 16.7. The maximum absolute atomic E-state index is 11.6. The fourth-order valence-corrected chi connectivity index (χ4v) is 2.81. The van der Waals surface area contributed by atoms with Crippen LogP contribution in [0.5, 0.6) is 0 Å². The predicted octanol–water partition coefficient (Wildman–Crippen LogP) is 5.52. The molecule has 0 atom stereocenters. The predicted molar refractivity (Wildman–Crippen MR) is 93.6 cm³/mol. The highest BCUT2D eigenvalue weighted by Gasteiger charge is 2.15. The van der Waals surface area contributed by atoms with Crippen molar-refractivity contribution in [2.24, 2.45) is 0 Å². The first kappa shape index (κ1) is 15.8. The minimum atomic E-state index is -0.984. The molecule has 0 radical (unpaired) electrons. The standard InChI is InChI=1S/C18H13Cl2NO2/c1-9-3-5-12-13(18(22)23)8-16(21-17(12)10(9)2)11-4-6-14(19)15(20)7-11/h3-8H,1-2H3,(H,22,23). The van der Waals surface area contributed by atoms with E-state index in [4.69, 9.17) is 23.2 Å². The minimum absolute atomic E-state index is 0.221. The average molecular weight is 346 g/mol. The summed E-state index contributed by atoms with van der Waals surface area (Å²) in [6.07, 6.45) is 0. The summed E-state index contributed by atoms with van der Waals surface area (Å²) in [7, 11) is 0. The van der Waals surface area contributed by atoms with E-state index in [1.54, 1.807) is 30.3 Å². The van der Waals surface area contributed by atoms with E-state index in [0.717, 1.165) is 16.7 Å². The number of hydrogen-bond donors (Lipinski definition) is 1.